The molecule has 14 heterocycles. The molecule has 0 unspecified atom stereocenters. The molecular weight excluding hydrogens is 1290 g/mol. The third kappa shape index (κ3) is 16.3. The van der Waals surface area contributed by atoms with Crippen molar-refractivity contribution in [2.75, 3.05) is 16.0 Å². The third-order valence-electron chi connectivity index (χ3n) is 16.5. The molecule has 14 aromatic heterocycles. The molecule has 21 heteroatoms. The van der Waals surface area contributed by atoms with Crippen LogP contribution in [0.15, 0.2) is 232 Å². The highest BCUT2D eigenvalue weighted by atomic mass is 35.5. The van der Waals surface area contributed by atoms with Crippen molar-refractivity contribution in [2.24, 2.45) is 0 Å². The van der Waals surface area contributed by atoms with Crippen LogP contribution in [0.2, 0.25) is 5.02 Å². The normalized spacial score (nSPS) is 11.0. The highest BCUT2D eigenvalue weighted by molar-refractivity contribution is 6.33. The zero-order chi connectivity index (χ0) is 69.8. The highest BCUT2D eigenvalue weighted by Crippen LogP contribution is 2.33. The fourth-order valence-corrected chi connectivity index (χ4v) is 11.7. The van der Waals surface area contributed by atoms with Crippen LogP contribution in [0.4, 0.5) is 26.2 Å². The molecule has 0 radical (unpaired) electrons. The van der Waals surface area contributed by atoms with Crippen LogP contribution in [0, 0.1) is 45.9 Å². The van der Waals surface area contributed by atoms with Crippen molar-refractivity contribution in [3.05, 3.63) is 294 Å². The van der Waals surface area contributed by atoms with E-state index in [9.17, 15) is 14.0 Å². The molecule has 0 saturated heterocycles. The standard InChI is InChI=1S/C27H21F2N5.C27H21N7.C26H21ClN6/c1-17-12-22(8-9-30-17)24-14-21-7-11-32-27(23(21)16-33-24)34-15-18-2-4-19(5-3-18)20-6-10-31-25(13-20)26(28)29;1-17-9-21(4-6-29-17)25-12-20-3-8-31-27(24(20)16-32-25)34-15-19-11-23(13-28)26(33-14-19)22-5-7-30-18(2)10-22;1-16-9-20(4-6-28-16)24-12-19-3-8-30-26(22(19)15-31-24)33-14-18-11-23(27)25(32-13-18)21-5-7-29-17(2)10-21/h2-14,16,26H,15H2,1H3,(H,32,34);3-12,14,16H,15H2,1-2H3,(H,31,34);3-13,15H,14H2,1-2H3,(H,30,33). The van der Waals surface area contributed by atoms with Gasteiger partial charge in [-0.05, 0) is 200 Å². The maximum Gasteiger partial charge on any atom is 0.280 e. The number of nitrogens with one attached hydrogen (secondary N) is 3. The summed E-state index contributed by atoms with van der Waals surface area (Å²) < 4.78 is 25.9. The lowest BCUT2D eigenvalue weighted by molar-refractivity contribution is 0.146. The van der Waals surface area contributed by atoms with Crippen molar-refractivity contribution in [3.63, 3.8) is 0 Å². The molecule has 0 aliphatic heterocycles. The molecule has 15 rings (SSSR count). The molecule has 0 aliphatic carbocycles. The molecule has 1 aromatic carbocycles. The second kappa shape index (κ2) is 30.7. The Morgan fingerprint density at radius 3 is 1.13 bits per heavy atom. The van der Waals surface area contributed by atoms with E-state index in [0.717, 1.165) is 151 Å². The van der Waals surface area contributed by atoms with Gasteiger partial charge in [-0.2, -0.15) is 5.26 Å². The molecular formula is C80H63ClF2N18. The minimum atomic E-state index is -2.59. The summed E-state index contributed by atoms with van der Waals surface area (Å²) >= 11 is 6.54. The van der Waals surface area contributed by atoms with Gasteiger partial charge in [-0.25, -0.2) is 23.7 Å². The second-order valence-corrected chi connectivity index (χ2v) is 24.2. The monoisotopic (exact) mass is 1350 g/mol. The summed E-state index contributed by atoms with van der Waals surface area (Å²) in [5, 5.41) is 26.4. The Hall–Kier alpha value is -12.9. The van der Waals surface area contributed by atoms with Crippen molar-refractivity contribution in [2.45, 2.75) is 60.7 Å². The number of alkyl halides is 2. The van der Waals surface area contributed by atoms with Crippen molar-refractivity contribution in [1.82, 2.24) is 69.8 Å². The van der Waals surface area contributed by atoms with Crippen LogP contribution in [0.25, 0.3) is 99.7 Å². The van der Waals surface area contributed by atoms with Crippen molar-refractivity contribution < 1.29 is 8.78 Å². The van der Waals surface area contributed by atoms with Gasteiger partial charge in [0.25, 0.3) is 6.43 Å². The average molecular weight is 1350 g/mol. The number of fused-ring (bicyclic) bond motifs is 3. The number of hydrogen-bond acceptors (Lipinski definition) is 18. The Balaban J connectivity index is 0.000000135. The summed E-state index contributed by atoms with van der Waals surface area (Å²) in [6.07, 6.45) is 22.2. The molecule has 15 aromatic rings. The number of halogens is 3. The van der Waals surface area contributed by atoms with Crippen LogP contribution in [-0.2, 0) is 19.6 Å². The lowest BCUT2D eigenvalue weighted by Crippen LogP contribution is -2.04. The first-order valence-electron chi connectivity index (χ1n) is 32.2. The van der Waals surface area contributed by atoms with E-state index in [1.54, 1.807) is 61.8 Å². The molecule has 101 heavy (non-hydrogen) atoms. The summed E-state index contributed by atoms with van der Waals surface area (Å²) in [5.41, 5.74) is 18.4. The zero-order valence-electron chi connectivity index (χ0n) is 55.5. The first kappa shape index (κ1) is 66.7. The molecule has 0 atom stereocenters. The van der Waals surface area contributed by atoms with Crippen LogP contribution in [-0.4, -0.2) is 69.8 Å². The Bertz CT molecular complexity index is 5560. The number of benzene rings is 1. The smallest absolute Gasteiger partial charge is 0.280 e. The van der Waals surface area contributed by atoms with Gasteiger partial charge in [0.2, 0.25) is 0 Å². The Morgan fingerprint density at radius 2 is 0.713 bits per heavy atom. The quantitative estimate of drug-likeness (QED) is 0.0814. The summed E-state index contributed by atoms with van der Waals surface area (Å²) in [4.78, 5) is 61.5. The Labute approximate surface area is 586 Å². The number of pyridine rings is 14. The summed E-state index contributed by atoms with van der Waals surface area (Å²) in [6, 6.07) is 48.7. The molecule has 0 spiro atoms. The van der Waals surface area contributed by atoms with Crippen molar-refractivity contribution in [1.29, 1.82) is 5.26 Å². The number of aromatic nitrogens is 14. The van der Waals surface area contributed by atoms with Gasteiger partial charge in [0.15, 0.2) is 0 Å². The van der Waals surface area contributed by atoms with E-state index in [0.29, 0.717) is 41.5 Å². The number of nitriles is 1. The van der Waals surface area contributed by atoms with E-state index in [1.807, 2.05) is 181 Å². The number of hydrogen-bond donors (Lipinski definition) is 3. The fraction of sp³-hybridized carbons (Fsp3) is 0.113. The Morgan fingerprint density at radius 1 is 0.347 bits per heavy atom. The summed E-state index contributed by atoms with van der Waals surface area (Å²) in [6.45, 7) is 11.4. The molecule has 0 saturated carbocycles. The fourth-order valence-electron chi connectivity index (χ4n) is 11.4. The largest absolute Gasteiger partial charge is 0.365 e. The molecule has 18 nitrogen and oxygen atoms in total. The summed E-state index contributed by atoms with van der Waals surface area (Å²) in [5.74, 6) is 2.25. The minimum absolute atomic E-state index is 0.221. The van der Waals surface area contributed by atoms with E-state index in [1.165, 1.54) is 12.3 Å². The van der Waals surface area contributed by atoms with Gasteiger partial charge in [0.05, 0.1) is 39.1 Å². The van der Waals surface area contributed by atoms with Gasteiger partial charge in [0, 0.05) is 179 Å². The number of anilines is 3. The number of rotatable bonds is 16. The van der Waals surface area contributed by atoms with Crippen LogP contribution in [0.5, 0.6) is 0 Å². The number of nitrogens with zero attached hydrogens (tertiary/aromatic N) is 15. The topological polar surface area (TPSA) is 240 Å². The van der Waals surface area contributed by atoms with Crippen LogP contribution >= 0.6 is 11.6 Å². The lowest BCUT2D eigenvalue weighted by atomic mass is 10.0. The van der Waals surface area contributed by atoms with Crippen LogP contribution in [0.1, 0.15) is 62.8 Å². The van der Waals surface area contributed by atoms with E-state index in [-0.39, 0.29) is 5.69 Å². The predicted molar refractivity (Wildman–Crippen MR) is 393 cm³/mol. The molecule has 0 bridgehead atoms. The number of aryl methyl sites for hydroxylation is 5. The maximum absolute atomic E-state index is 12.9. The maximum atomic E-state index is 12.9. The first-order chi connectivity index (χ1) is 49.2. The van der Waals surface area contributed by atoms with Gasteiger partial charge in [0.1, 0.15) is 29.2 Å². The molecule has 3 N–H and O–H groups in total. The first-order valence-corrected chi connectivity index (χ1v) is 32.6. The van der Waals surface area contributed by atoms with Gasteiger partial charge >= 0.3 is 0 Å². The SMILES string of the molecule is Cc1cc(-c2cc3ccnc(NCc4ccc(-c5ccnc(C(F)F)c5)cc4)c3cn2)ccn1.Cc1cc(-c2cc3ccnc(NCc4cnc(-c5ccnc(C)c5)c(C#N)c4)c3cn2)ccn1.Cc1cc(-c2cc3ccnc(NCc4cnc(-c5ccnc(C)c5)c(Cl)c4)c3cn2)ccn1. The Kier molecular flexibility index (Phi) is 20.3. The molecule has 0 aliphatic rings. The molecule has 494 valence electrons. The lowest BCUT2D eigenvalue weighted by Gasteiger charge is -2.11. The molecule has 0 fully saturated rings. The van der Waals surface area contributed by atoms with E-state index >= 15 is 0 Å². The zero-order valence-corrected chi connectivity index (χ0v) is 56.2. The van der Waals surface area contributed by atoms with E-state index in [2.05, 4.69) is 104 Å². The van der Waals surface area contributed by atoms with Crippen LogP contribution < -0.4 is 16.0 Å². The highest BCUT2D eigenvalue weighted by Gasteiger charge is 2.16. The molecule has 0 amide bonds. The van der Waals surface area contributed by atoms with Crippen molar-refractivity contribution in [3.8, 4) is 73.5 Å². The van der Waals surface area contributed by atoms with E-state index in [4.69, 9.17) is 11.6 Å². The minimum Gasteiger partial charge on any atom is -0.365 e. The van der Waals surface area contributed by atoms with Crippen molar-refractivity contribution >= 4 is 61.4 Å². The second-order valence-electron chi connectivity index (χ2n) is 23.8. The van der Waals surface area contributed by atoms with Gasteiger partial charge in [-0.1, -0.05) is 35.9 Å². The predicted octanol–water partition coefficient (Wildman–Crippen LogP) is 17.9. The average Bonchev–Trinajstić information content (AvgIpc) is 0.828. The van der Waals surface area contributed by atoms with E-state index < -0.39 is 6.43 Å². The third-order valence-corrected chi connectivity index (χ3v) is 16.8. The van der Waals surface area contributed by atoms with Gasteiger partial charge < -0.3 is 16.0 Å². The van der Waals surface area contributed by atoms with Gasteiger partial charge in [-0.3, -0.25) is 54.8 Å². The van der Waals surface area contributed by atoms with Gasteiger partial charge in [-0.15, -0.1) is 0 Å². The summed E-state index contributed by atoms with van der Waals surface area (Å²) in [7, 11) is 0. The van der Waals surface area contributed by atoms with Crippen LogP contribution in [0.3, 0.4) is 0 Å².